The lowest BCUT2D eigenvalue weighted by molar-refractivity contribution is 0.166. The molecule has 0 unspecified atom stereocenters. The number of hydrogen-bond donors (Lipinski definition) is 2. The number of nitrogens with one attached hydrogen (secondary N) is 2. The van der Waals surface area contributed by atoms with Crippen molar-refractivity contribution in [3.05, 3.63) is 29.6 Å². The van der Waals surface area contributed by atoms with E-state index in [2.05, 4.69) is 10.0 Å². The maximum Gasteiger partial charge on any atom is 0.243 e. The van der Waals surface area contributed by atoms with Crippen molar-refractivity contribution in [1.29, 1.82) is 0 Å². The van der Waals surface area contributed by atoms with Crippen molar-refractivity contribution in [2.24, 2.45) is 5.41 Å². The third-order valence-electron chi connectivity index (χ3n) is 3.92. The summed E-state index contributed by atoms with van der Waals surface area (Å²) in [6.07, 6.45) is 3.16. The van der Waals surface area contributed by atoms with E-state index in [0.29, 0.717) is 13.1 Å². The van der Waals surface area contributed by atoms with Crippen LogP contribution in [0.5, 0.6) is 0 Å². The summed E-state index contributed by atoms with van der Waals surface area (Å²) in [5.74, 6) is -0.705. The molecule has 0 spiro atoms. The van der Waals surface area contributed by atoms with Gasteiger partial charge < -0.3 is 5.32 Å². The van der Waals surface area contributed by atoms with E-state index in [9.17, 15) is 12.8 Å². The first-order valence-electron chi connectivity index (χ1n) is 6.79. The number of halogens is 1. The Labute approximate surface area is 119 Å². The summed E-state index contributed by atoms with van der Waals surface area (Å²) in [7, 11) is -2.02. The zero-order valence-corrected chi connectivity index (χ0v) is 12.7. The average Bonchev–Trinajstić information content (AvgIpc) is 2.34. The van der Waals surface area contributed by atoms with E-state index in [4.69, 9.17) is 0 Å². The Morgan fingerprint density at radius 3 is 2.55 bits per heavy atom. The van der Waals surface area contributed by atoms with Crippen molar-refractivity contribution >= 4 is 10.0 Å². The zero-order valence-electron chi connectivity index (χ0n) is 11.9. The Kier molecular flexibility index (Phi) is 4.46. The largest absolute Gasteiger partial charge is 0.316 e. The molecule has 20 heavy (non-hydrogen) atoms. The van der Waals surface area contributed by atoms with Crippen LogP contribution in [0, 0.1) is 11.2 Å². The van der Waals surface area contributed by atoms with E-state index in [1.54, 1.807) is 13.1 Å². The van der Waals surface area contributed by atoms with Gasteiger partial charge in [0, 0.05) is 13.1 Å². The second kappa shape index (κ2) is 5.79. The van der Waals surface area contributed by atoms with Crippen molar-refractivity contribution in [2.45, 2.75) is 37.6 Å². The first-order valence-corrected chi connectivity index (χ1v) is 8.27. The van der Waals surface area contributed by atoms with Crippen LogP contribution in [0.3, 0.4) is 0 Å². The molecule has 1 saturated carbocycles. The predicted molar refractivity (Wildman–Crippen MR) is 76.3 cm³/mol. The average molecular weight is 300 g/mol. The molecule has 6 heteroatoms. The van der Waals surface area contributed by atoms with Crippen LogP contribution in [-0.2, 0) is 16.6 Å². The van der Waals surface area contributed by atoms with Crippen molar-refractivity contribution in [3.63, 3.8) is 0 Å². The molecule has 1 aromatic rings. The highest BCUT2D eigenvalue weighted by Crippen LogP contribution is 2.39. The highest BCUT2D eigenvalue weighted by atomic mass is 32.2. The van der Waals surface area contributed by atoms with Crippen LogP contribution in [0.4, 0.5) is 4.39 Å². The predicted octanol–water partition coefficient (Wildman–Crippen LogP) is 2.01. The summed E-state index contributed by atoms with van der Waals surface area (Å²) in [5.41, 5.74) is 0.741. The van der Waals surface area contributed by atoms with Crippen molar-refractivity contribution < 1.29 is 12.8 Å². The van der Waals surface area contributed by atoms with Crippen molar-refractivity contribution in [1.82, 2.24) is 10.0 Å². The van der Waals surface area contributed by atoms with Crippen LogP contribution in [-0.4, -0.2) is 22.0 Å². The molecule has 0 aromatic heterocycles. The Balaban J connectivity index is 2.12. The smallest absolute Gasteiger partial charge is 0.243 e. The van der Waals surface area contributed by atoms with E-state index in [1.807, 2.05) is 6.92 Å². The minimum Gasteiger partial charge on any atom is -0.316 e. The van der Waals surface area contributed by atoms with E-state index in [-0.39, 0.29) is 10.3 Å². The van der Waals surface area contributed by atoms with Crippen molar-refractivity contribution in [2.75, 3.05) is 13.6 Å². The highest BCUT2D eigenvalue weighted by Gasteiger charge is 2.33. The van der Waals surface area contributed by atoms with Crippen molar-refractivity contribution in [3.8, 4) is 0 Å². The third-order valence-corrected chi connectivity index (χ3v) is 5.35. The van der Waals surface area contributed by atoms with Gasteiger partial charge >= 0.3 is 0 Å². The van der Waals surface area contributed by atoms with E-state index in [0.717, 1.165) is 24.8 Å². The van der Waals surface area contributed by atoms with Crippen LogP contribution >= 0.6 is 0 Å². The Bertz CT molecular complexity index is 583. The fourth-order valence-corrected chi connectivity index (χ4v) is 3.64. The molecule has 2 rings (SSSR count). The third kappa shape index (κ3) is 3.37. The van der Waals surface area contributed by atoms with Gasteiger partial charge in [-0.05, 0) is 43.0 Å². The molecule has 0 bridgehead atoms. The molecule has 4 nitrogen and oxygen atoms in total. The van der Waals surface area contributed by atoms with Gasteiger partial charge in [0.2, 0.25) is 10.0 Å². The maximum atomic E-state index is 13.9. The molecule has 0 heterocycles. The monoisotopic (exact) mass is 300 g/mol. The maximum absolute atomic E-state index is 13.9. The first kappa shape index (κ1) is 15.4. The molecule has 1 aliphatic rings. The molecule has 0 amide bonds. The van der Waals surface area contributed by atoms with Gasteiger partial charge in [-0.25, -0.2) is 17.5 Å². The van der Waals surface area contributed by atoms with Gasteiger partial charge in [0.1, 0.15) is 10.7 Å². The van der Waals surface area contributed by atoms with Gasteiger partial charge in [0.25, 0.3) is 0 Å². The van der Waals surface area contributed by atoms with Crippen LogP contribution in [0.2, 0.25) is 0 Å². The summed E-state index contributed by atoms with van der Waals surface area (Å²) in [5, 5.41) is 2.90. The molecular formula is C14H21FN2O2S. The van der Waals surface area contributed by atoms with Gasteiger partial charge in [-0.1, -0.05) is 19.4 Å². The molecule has 112 valence electrons. The Hall–Kier alpha value is -0.980. The molecule has 0 saturated heterocycles. The lowest BCUT2D eigenvalue weighted by atomic mass is 9.71. The fourth-order valence-electron chi connectivity index (χ4n) is 2.38. The Morgan fingerprint density at radius 2 is 2.05 bits per heavy atom. The number of hydrogen-bond acceptors (Lipinski definition) is 3. The second-order valence-electron chi connectivity index (χ2n) is 5.78. The fraction of sp³-hybridized carbons (Fsp3) is 0.571. The minimum atomic E-state index is -3.78. The van der Waals surface area contributed by atoms with Gasteiger partial charge in [0.15, 0.2) is 0 Å². The molecule has 1 aromatic carbocycles. The van der Waals surface area contributed by atoms with Crippen LogP contribution in [0.15, 0.2) is 23.1 Å². The van der Waals surface area contributed by atoms with Gasteiger partial charge in [0.05, 0.1) is 0 Å². The topological polar surface area (TPSA) is 58.2 Å². The summed E-state index contributed by atoms with van der Waals surface area (Å²) in [6, 6.07) is 4.21. The molecule has 0 radical (unpaired) electrons. The highest BCUT2D eigenvalue weighted by molar-refractivity contribution is 7.89. The van der Waals surface area contributed by atoms with Gasteiger partial charge in [-0.15, -0.1) is 0 Å². The van der Waals surface area contributed by atoms with Gasteiger partial charge in [-0.3, -0.25) is 0 Å². The van der Waals surface area contributed by atoms with E-state index < -0.39 is 15.8 Å². The summed E-state index contributed by atoms with van der Waals surface area (Å²) in [4.78, 5) is -0.278. The van der Waals surface area contributed by atoms with E-state index in [1.165, 1.54) is 12.1 Å². The summed E-state index contributed by atoms with van der Waals surface area (Å²) in [6.45, 7) is 2.92. The van der Waals surface area contributed by atoms with Crippen LogP contribution < -0.4 is 10.0 Å². The minimum absolute atomic E-state index is 0.0234. The van der Waals surface area contributed by atoms with Gasteiger partial charge in [-0.2, -0.15) is 0 Å². The molecule has 1 fully saturated rings. The molecular weight excluding hydrogens is 279 g/mol. The number of benzene rings is 1. The first-order chi connectivity index (χ1) is 9.36. The standard InChI is InChI=1S/C14H21FN2O2S/c1-14(6-3-7-14)10-17-20(18,19)13-5-4-11(9-16-2)8-12(13)15/h4-5,8,16-17H,3,6-7,9-10H2,1-2H3. The normalized spacial score (nSPS) is 17.8. The van der Waals surface area contributed by atoms with Crippen LogP contribution in [0.25, 0.3) is 0 Å². The van der Waals surface area contributed by atoms with E-state index >= 15 is 0 Å². The van der Waals surface area contributed by atoms with Crippen LogP contribution in [0.1, 0.15) is 31.7 Å². The molecule has 0 aliphatic heterocycles. The SMILES string of the molecule is CNCc1ccc(S(=O)(=O)NCC2(C)CCC2)c(F)c1. The number of rotatable bonds is 6. The number of sulfonamides is 1. The second-order valence-corrected chi connectivity index (χ2v) is 7.52. The quantitative estimate of drug-likeness (QED) is 0.845. The lowest BCUT2D eigenvalue weighted by Crippen LogP contribution is -2.40. The molecule has 1 aliphatic carbocycles. The summed E-state index contributed by atoms with van der Waals surface area (Å²) >= 11 is 0. The molecule has 0 atom stereocenters. The molecule has 2 N–H and O–H groups in total. The lowest BCUT2D eigenvalue weighted by Gasteiger charge is -2.38. The zero-order chi connectivity index (χ0) is 14.8. The Morgan fingerprint density at radius 1 is 1.35 bits per heavy atom. The summed E-state index contributed by atoms with van der Waals surface area (Å²) < 4.78 is 40.7.